The van der Waals surface area contributed by atoms with Crippen molar-refractivity contribution in [2.75, 3.05) is 12.4 Å². The fraction of sp³-hybridized carbons (Fsp3) is 0.250. The zero-order chi connectivity index (χ0) is 24.7. The van der Waals surface area contributed by atoms with E-state index in [-0.39, 0.29) is 12.0 Å². The molecule has 7 heteroatoms. The molecule has 0 amide bonds. The number of hydrogen-bond donors (Lipinski definition) is 2. The van der Waals surface area contributed by atoms with Crippen molar-refractivity contribution >= 4 is 39.2 Å². The molecule has 1 aliphatic heterocycles. The smallest absolute Gasteiger partial charge is 0.336 e. The van der Waals surface area contributed by atoms with Gasteiger partial charge in [-0.05, 0) is 76.1 Å². The number of rotatable bonds is 6. The molecule has 3 aromatic rings. The molecule has 1 heterocycles. The van der Waals surface area contributed by atoms with Gasteiger partial charge in [-0.25, -0.2) is 4.79 Å². The van der Waals surface area contributed by atoms with Crippen LogP contribution in [0.2, 0.25) is 5.02 Å². The van der Waals surface area contributed by atoms with Crippen LogP contribution >= 0.6 is 27.5 Å². The van der Waals surface area contributed by atoms with Crippen LogP contribution in [0.1, 0.15) is 51.0 Å². The number of fused-ring (bicyclic) bond motifs is 3. The Morgan fingerprint density at radius 2 is 2.03 bits per heavy atom. The van der Waals surface area contributed by atoms with Gasteiger partial charge in [-0.1, -0.05) is 48.0 Å². The van der Waals surface area contributed by atoms with Gasteiger partial charge in [-0.15, -0.1) is 0 Å². The summed E-state index contributed by atoms with van der Waals surface area (Å²) in [7, 11) is 1.63. The molecule has 2 aliphatic rings. The number of aromatic carboxylic acids is 1. The molecule has 180 valence electrons. The second-order valence-corrected chi connectivity index (χ2v) is 10.2. The highest BCUT2D eigenvalue weighted by molar-refractivity contribution is 9.10. The van der Waals surface area contributed by atoms with E-state index in [1.807, 2.05) is 43.3 Å². The van der Waals surface area contributed by atoms with Crippen molar-refractivity contribution < 1.29 is 19.4 Å². The molecular formula is C28H25BrClNO4. The molecule has 5 nitrogen and oxygen atoms in total. The first-order valence-corrected chi connectivity index (χ1v) is 12.6. The summed E-state index contributed by atoms with van der Waals surface area (Å²) in [6.45, 7) is 2.18. The van der Waals surface area contributed by atoms with Crippen LogP contribution in [0.3, 0.4) is 0 Å². The minimum atomic E-state index is -0.919. The molecule has 0 saturated heterocycles. The largest absolute Gasteiger partial charge is 0.493 e. The summed E-state index contributed by atoms with van der Waals surface area (Å²) in [5.41, 5.74) is 5.05. The number of nitrogens with one attached hydrogen (secondary N) is 1. The van der Waals surface area contributed by atoms with Crippen molar-refractivity contribution in [3.8, 4) is 11.5 Å². The van der Waals surface area contributed by atoms with Crippen molar-refractivity contribution in [1.82, 2.24) is 0 Å². The lowest BCUT2D eigenvalue weighted by Crippen LogP contribution is -2.30. The third kappa shape index (κ3) is 4.30. The highest BCUT2D eigenvalue weighted by Crippen LogP contribution is 2.52. The molecule has 0 fully saturated rings. The van der Waals surface area contributed by atoms with Crippen LogP contribution in [0.5, 0.6) is 11.5 Å². The van der Waals surface area contributed by atoms with Crippen LogP contribution in [-0.4, -0.2) is 18.2 Å². The lowest BCUT2D eigenvalue weighted by molar-refractivity contribution is 0.0696. The minimum Gasteiger partial charge on any atom is -0.493 e. The number of methoxy groups -OCH3 is 1. The van der Waals surface area contributed by atoms with Gasteiger partial charge >= 0.3 is 5.97 Å². The Hall–Kier alpha value is -2.96. The number of halogens is 2. The highest BCUT2D eigenvalue weighted by Gasteiger charge is 2.39. The summed E-state index contributed by atoms with van der Waals surface area (Å²) in [5, 5.41) is 14.0. The van der Waals surface area contributed by atoms with Gasteiger partial charge in [0.15, 0.2) is 11.5 Å². The lowest BCUT2D eigenvalue weighted by atomic mass is 9.76. The average Bonchev–Trinajstić information content (AvgIpc) is 3.33. The molecule has 3 atom stereocenters. The van der Waals surface area contributed by atoms with Crippen LogP contribution in [0.15, 0.2) is 65.2 Å². The number of hydrogen-bond acceptors (Lipinski definition) is 4. The van der Waals surface area contributed by atoms with E-state index in [4.69, 9.17) is 21.1 Å². The van der Waals surface area contributed by atoms with E-state index in [1.54, 1.807) is 13.2 Å². The van der Waals surface area contributed by atoms with Gasteiger partial charge in [0.25, 0.3) is 0 Å². The summed E-state index contributed by atoms with van der Waals surface area (Å²) in [6.07, 6.45) is 5.39. The fourth-order valence-corrected chi connectivity index (χ4v) is 5.97. The van der Waals surface area contributed by atoms with Crippen molar-refractivity contribution in [2.24, 2.45) is 5.92 Å². The van der Waals surface area contributed by atoms with E-state index in [2.05, 4.69) is 39.5 Å². The monoisotopic (exact) mass is 553 g/mol. The van der Waals surface area contributed by atoms with E-state index in [0.717, 1.165) is 38.8 Å². The number of carboxylic acids is 1. The molecule has 0 aromatic heterocycles. The minimum absolute atomic E-state index is 0.0203. The fourth-order valence-electron chi connectivity index (χ4n) is 5.20. The summed E-state index contributed by atoms with van der Waals surface area (Å²) in [5.74, 6) is 0.838. The maximum atomic E-state index is 11.8. The summed E-state index contributed by atoms with van der Waals surface area (Å²) in [6, 6.07) is 15.3. The number of anilines is 1. The third-order valence-corrected chi connectivity index (χ3v) is 7.93. The number of ether oxygens (including phenoxy) is 2. The maximum absolute atomic E-state index is 11.8. The topological polar surface area (TPSA) is 67.8 Å². The normalized spacial score (nSPS) is 20.1. The van der Waals surface area contributed by atoms with E-state index in [1.165, 1.54) is 0 Å². The number of allylic oxidation sites excluding steroid dienone is 2. The Morgan fingerprint density at radius 1 is 1.23 bits per heavy atom. The van der Waals surface area contributed by atoms with Gasteiger partial charge in [-0.2, -0.15) is 0 Å². The maximum Gasteiger partial charge on any atom is 0.336 e. The van der Waals surface area contributed by atoms with Crippen LogP contribution in [0.25, 0.3) is 0 Å². The molecule has 1 aliphatic carbocycles. The second-order valence-electron chi connectivity index (χ2n) is 8.90. The molecule has 0 spiro atoms. The average molecular weight is 555 g/mol. The highest BCUT2D eigenvalue weighted by atomic mass is 79.9. The molecule has 5 rings (SSSR count). The first-order valence-electron chi connectivity index (χ1n) is 11.4. The Balaban J connectivity index is 1.50. The predicted octanol–water partition coefficient (Wildman–Crippen LogP) is 7.52. The Bertz CT molecular complexity index is 1340. The molecule has 0 bridgehead atoms. The van der Waals surface area contributed by atoms with Crippen LogP contribution in [0, 0.1) is 12.8 Å². The van der Waals surface area contributed by atoms with Crippen molar-refractivity contribution in [1.29, 1.82) is 0 Å². The molecule has 0 radical (unpaired) electrons. The van der Waals surface area contributed by atoms with Crippen LogP contribution in [0.4, 0.5) is 5.69 Å². The standard InChI is InChI=1S/C28H25BrClNO4/c1-15-18(28(32)33)10-11-21-19-7-5-8-20(19)26(31-25(15)21)17-12-22(29)27(24(13-17)34-2)35-14-16-6-3-4-9-23(16)30/h3-7,9-13,19-20,26,31H,8,14H2,1-2H3,(H,32,33)/t19-,20-,26+/m1/s1. The SMILES string of the molecule is COc1cc([C@@H]2Nc3c(ccc(C(=O)O)c3C)[C@@H]3C=CC[C@H]32)cc(Br)c1OCc1ccccc1Cl. The van der Waals surface area contributed by atoms with E-state index in [0.29, 0.717) is 34.6 Å². The van der Waals surface area contributed by atoms with Crippen molar-refractivity contribution in [3.05, 3.63) is 98.0 Å². The Labute approximate surface area is 217 Å². The molecule has 3 aromatic carbocycles. The van der Waals surface area contributed by atoms with Crippen molar-refractivity contribution in [2.45, 2.75) is 31.9 Å². The summed E-state index contributed by atoms with van der Waals surface area (Å²) >= 11 is 9.98. The van der Waals surface area contributed by atoms with Gasteiger partial charge in [-0.3, -0.25) is 0 Å². The first kappa shape index (κ1) is 23.8. The van der Waals surface area contributed by atoms with E-state index >= 15 is 0 Å². The van der Waals surface area contributed by atoms with Gasteiger partial charge in [0.1, 0.15) is 6.61 Å². The zero-order valence-corrected chi connectivity index (χ0v) is 21.7. The Morgan fingerprint density at radius 3 is 2.77 bits per heavy atom. The Kier molecular flexibility index (Phi) is 6.51. The molecule has 35 heavy (non-hydrogen) atoms. The third-order valence-electron chi connectivity index (χ3n) is 6.97. The van der Waals surface area contributed by atoms with Gasteiger partial charge in [0.2, 0.25) is 0 Å². The summed E-state index contributed by atoms with van der Waals surface area (Å²) < 4.78 is 12.6. The molecule has 0 saturated carbocycles. The van der Waals surface area contributed by atoms with Crippen LogP contribution < -0.4 is 14.8 Å². The quantitative estimate of drug-likeness (QED) is 0.308. The molecule has 2 N–H and O–H groups in total. The second kappa shape index (κ2) is 9.59. The summed E-state index contributed by atoms with van der Waals surface area (Å²) in [4.78, 5) is 11.8. The van der Waals surface area contributed by atoms with Crippen molar-refractivity contribution in [3.63, 3.8) is 0 Å². The molecular weight excluding hydrogens is 530 g/mol. The predicted molar refractivity (Wildman–Crippen MR) is 141 cm³/mol. The van der Waals surface area contributed by atoms with Gasteiger partial charge < -0.3 is 19.9 Å². The lowest BCUT2D eigenvalue weighted by Gasteiger charge is -2.39. The van der Waals surface area contributed by atoms with Crippen LogP contribution in [-0.2, 0) is 6.61 Å². The number of benzene rings is 3. The van der Waals surface area contributed by atoms with Gasteiger partial charge in [0, 0.05) is 22.2 Å². The van der Waals surface area contributed by atoms with E-state index < -0.39 is 5.97 Å². The zero-order valence-electron chi connectivity index (χ0n) is 19.3. The first-order chi connectivity index (χ1) is 16.9. The van der Waals surface area contributed by atoms with Gasteiger partial charge in [0.05, 0.1) is 23.2 Å². The number of carbonyl (C=O) groups is 1. The number of carboxylic acid groups (broad SMARTS) is 1. The van der Waals surface area contributed by atoms with E-state index in [9.17, 15) is 9.90 Å². The molecule has 0 unspecified atom stereocenters.